The Morgan fingerprint density at radius 1 is 0.870 bits per heavy atom. The molecule has 1 unspecified atom stereocenters. The summed E-state index contributed by atoms with van der Waals surface area (Å²) in [5.41, 5.74) is 2.76. The first-order valence-corrected chi connectivity index (χ1v) is 8.39. The number of carbonyl (C=O) groups is 1. The van der Waals surface area contributed by atoms with E-state index in [4.69, 9.17) is 0 Å². The highest BCUT2D eigenvalue weighted by Gasteiger charge is 2.34. The van der Waals surface area contributed by atoms with Crippen molar-refractivity contribution in [1.29, 1.82) is 0 Å². The molecule has 0 saturated carbocycles. The zero-order valence-electron chi connectivity index (χ0n) is 13.3. The Kier molecular flexibility index (Phi) is 5.09. The van der Waals surface area contributed by atoms with Crippen LogP contribution >= 0.6 is 0 Å². The van der Waals surface area contributed by atoms with E-state index in [-0.39, 0.29) is 5.91 Å². The lowest BCUT2D eigenvalue weighted by Crippen LogP contribution is -2.28. The normalized spacial score (nSPS) is 16.7. The van der Waals surface area contributed by atoms with E-state index >= 15 is 0 Å². The lowest BCUT2D eigenvalue weighted by atomic mass is 10.1. The summed E-state index contributed by atoms with van der Waals surface area (Å²) < 4.78 is 0. The predicted octanol–water partition coefficient (Wildman–Crippen LogP) is 3.94. The summed E-state index contributed by atoms with van der Waals surface area (Å²) in [6, 6.07) is 17.9. The monoisotopic (exact) mass is 309 g/mol. The standard InChI is InChI=1S/C20H23NO2/c22-19-17-13-7-8-14-18(17)20(23)21(19)15-9-2-1-4-10-16-11-5-3-6-12-16/h3,5-8,11-14,19,22H,1-2,4,9-10,15H2. The van der Waals surface area contributed by atoms with Crippen LogP contribution in [0.4, 0.5) is 0 Å². The van der Waals surface area contributed by atoms with Crippen LogP contribution in [0.25, 0.3) is 0 Å². The van der Waals surface area contributed by atoms with Gasteiger partial charge >= 0.3 is 0 Å². The van der Waals surface area contributed by atoms with Crippen LogP contribution < -0.4 is 0 Å². The van der Waals surface area contributed by atoms with E-state index < -0.39 is 6.23 Å². The Hall–Kier alpha value is -2.13. The Bertz CT molecular complexity index is 654. The first-order chi connectivity index (χ1) is 11.3. The maximum atomic E-state index is 12.3. The number of aryl methyl sites for hydroxylation is 1. The van der Waals surface area contributed by atoms with Crippen molar-refractivity contribution in [1.82, 2.24) is 4.90 Å². The molecule has 2 aromatic carbocycles. The zero-order valence-corrected chi connectivity index (χ0v) is 13.3. The molecule has 0 aliphatic carbocycles. The third-order valence-corrected chi connectivity index (χ3v) is 4.48. The highest BCUT2D eigenvalue weighted by Crippen LogP contribution is 2.31. The van der Waals surface area contributed by atoms with Crippen LogP contribution in [0.3, 0.4) is 0 Å². The van der Waals surface area contributed by atoms with Crippen LogP contribution in [0.15, 0.2) is 54.6 Å². The second kappa shape index (κ2) is 7.42. The lowest BCUT2D eigenvalue weighted by Gasteiger charge is -2.20. The van der Waals surface area contributed by atoms with Crippen molar-refractivity contribution in [2.75, 3.05) is 6.54 Å². The smallest absolute Gasteiger partial charge is 0.256 e. The van der Waals surface area contributed by atoms with Crippen molar-refractivity contribution in [3.05, 3.63) is 71.3 Å². The lowest BCUT2D eigenvalue weighted by molar-refractivity contribution is 0.0169. The molecule has 0 spiro atoms. The van der Waals surface area contributed by atoms with Crippen LogP contribution in [0, 0.1) is 0 Å². The fraction of sp³-hybridized carbons (Fsp3) is 0.350. The quantitative estimate of drug-likeness (QED) is 0.787. The van der Waals surface area contributed by atoms with Gasteiger partial charge in [-0.05, 0) is 30.9 Å². The summed E-state index contributed by atoms with van der Waals surface area (Å²) in [6.45, 7) is 0.625. The number of fused-ring (bicyclic) bond motifs is 1. The van der Waals surface area contributed by atoms with Crippen molar-refractivity contribution in [2.24, 2.45) is 0 Å². The van der Waals surface area contributed by atoms with Crippen molar-refractivity contribution in [3.8, 4) is 0 Å². The summed E-state index contributed by atoms with van der Waals surface area (Å²) in [6.07, 6.45) is 4.67. The van der Waals surface area contributed by atoms with Gasteiger partial charge in [0, 0.05) is 17.7 Å². The van der Waals surface area contributed by atoms with Gasteiger partial charge in [-0.25, -0.2) is 0 Å². The van der Waals surface area contributed by atoms with Crippen molar-refractivity contribution < 1.29 is 9.90 Å². The van der Waals surface area contributed by atoms with Crippen LogP contribution in [0.5, 0.6) is 0 Å². The third-order valence-electron chi connectivity index (χ3n) is 4.48. The number of rotatable bonds is 7. The first-order valence-electron chi connectivity index (χ1n) is 8.39. The molecule has 1 aliphatic heterocycles. The molecule has 0 saturated heterocycles. The molecule has 3 rings (SSSR count). The minimum Gasteiger partial charge on any atom is -0.369 e. The van der Waals surface area contributed by atoms with Gasteiger partial charge in [-0.1, -0.05) is 61.4 Å². The highest BCUT2D eigenvalue weighted by molar-refractivity contribution is 5.98. The largest absolute Gasteiger partial charge is 0.369 e. The number of amides is 1. The summed E-state index contributed by atoms with van der Waals surface area (Å²) in [5, 5.41) is 10.3. The van der Waals surface area contributed by atoms with Crippen molar-refractivity contribution >= 4 is 5.91 Å². The van der Waals surface area contributed by atoms with Gasteiger partial charge in [-0.3, -0.25) is 4.79 Å². The van der Waals surface area contributed by atoms with Gasteiger partial charge in [0.25, 0.3) is 5.91 Å². The highest BCUT2D eigenvalue weighted by atomic mass is 16.3. The number of unbranched alkanes of at least 4 members (excludes halogenated alkanes) is 3. The topological polar surface area (TPSA) is 40.5 Å². The first kappa shape index (κ1) is 15.8. The van der Waals surface area contributed by atoms with Gasteiger partial charge in [0.15, 0.2) is 6.23 Å². The zero-order chi connectivity index (χ0) is 16.1. The Morgan fingerprint density at radius 2 is 1.57 bits per heavy atom. The minimum atomic E-state index is -0.775. The number of hydrogen-bond acceptors (Lipinski definition) is 2. The van der Waals surface area contributed by atoms with E-state index in [1.54, 1.807) is 11.0 Å². The van der Waals surface area contributed by atoms with Crippen LogP contribution in [0.1, 0.15) is 53.4 Å². The van der Waals surface area contributed by atoms with Gasteiger partial charge in [0.2, 0.25) is 0 Å². The third kappa shape index (κ3) is 3.62. The van der Waals surface area contributed by atoms with E-state index in [9.17, 15) is 9.90 Å². The summed E-state index contributed by atoms with van der Waals surface area (Å²) >= 11 is 0. The number of benzene rings is 2. The SMILES string of the molecule is O=C1c2ccccc2C(O)N1CCCCCCc1ccccc1. The average Bonchev–Trinajstić information content (AvgIpc) is 2.84. The molecule has 0 aromatic heterocycles. The molecule has 0 radical (unpaired) electrons. The number of aliphatic hydroxyl groups is 1. The molecule has 23 heavy (non-hydrogen) atoms. The Morgan fingerprint density at radius 3 is 2.35 bits per heavy atom. The second-order valence-electron chi connectivity index (χ2n) is 6.11. The fourth-order valence-corrected chi connectivity index (χ4v) is 3.18. The van der Waals surface area contributed by atoms with Gasteiger partial charge in [-0.2, -0.15) is 0 Å². The van der Waals surface area contributed by atoms with Crippen LogP contribution in [-0.2, 0) is 6.42 Å². The number of nitrogens with zero attached hydrogens (tertiary/aromatic N) is 1. The molecule has 2 aromatic rings. The maximum absolute atomic E-state index is 12.3. The van der Waals surface area contributed by atoms with E-state index in [1.807, 2.05) is 24.3 Å². The van der Waals surface area contributed by atoms with Crippen LogP contribution in [0.2, 0.25) is 0 Å². The minimum absolute atomic E-state index is 0.0441. The molecule has 3 nitrogen and oxygen atoms in total. The number of carbonyl (C=O) groups excluding carboxylic acids is 1. The Balaban J connectivity index is 1.39. The van der Waals surface area contributed by atoms with Gasteiger partial charge in [0.1, 0.15) is 0 Å². The molecule has 1 heterocycles. The van der Waals surface area contributed by atoms with Crippen molar-refractivity contribution in [2.45, 2.75) is 38.3 Å². The summed E-state index contributed by atoms with van der Waals surface area (Å²) in [4.78, 5) is 13.9. The molecule has 0 bridgehead atoms. The Labute approximate surface area is 137 Å². The summed E-state index contributed by atoms with van der Waals surface area (Å²) in [5.74, 6) is -0.0441. The van der Waals surface area contributed by atoms with Crippen molar-refractivity contribution in [3.63, 3.8) is 0 Å². The molecule has 1 atom stereocenters. The van der Waals surface area contributed by atoms with E-state index in [2.05, 4.69) is 24.3 Å². The van der Waals surface area contributed by atoms with E-state index in [0.717, 1.165) is 31.2 Å². The summed E-state index contributed by atoms with van der Waals surface area (Å²) in [7, 11) is 0. The van der Waals surface area contributed by atoms with E-state index in [1.165, 1.54) is 12.0 Å². The van der Waals surface area contributed by atoms with Gasteiger partial charge in [-0.15, -0.1) is 0 Å². The van der Waals surface area contributed by atoms with Gasteiger partial charge < -0.3 is 10.0 Å². The molecular formula is C20H23NO2. The molecule has 120 valence electrons. The molecule has 1 N–H and O–H groups in total. The molecule has 1 aliphatic rings. The van der Waals surface area contributed by atoms with E-state index in [0.29, 0.717) is 12.1 Å². The molecule has 1 amide bonds. The molecule has 3 heteroatoms. The fourth-order valence-electron chi connectivity index (χ4n) is 3.18. The molecular weight excluding hydrogens is 286 g/mol. The van der Waals surface area contributed by atoms with Crippen LogP contribution in [-0.4, -0.2) is 22.5 Å². The number of hydrogen-bond donors (Lipinski definition) is 1. The maximum Gasteiger partial charge on any atom is 0.256 e. The predicted molar refractivity (Wildman–Crippen MR) is 91.1 cm³/mol. The second-order valence-corrected chi connectivity index (χ2v) is 6.11. The van der Waals surface area contributed by atoms with Gasteiger partial charge in [0.05, 0.1) is 0 Å². The number of aliphatic hydroxyl groups excluding tert-OH is 1. The average molecular weight is 309 g/mol. The molecule has 0 fully saturated rings.